The number of ether oxygens (including phenoxy) is 1. The largest absolute Gasteiger partial charge is 0.465 e. The summed E-state index contributed by atoms with van der Waals surface area (Å²) in [5.74, 6) is -0.810. The van der Waals surface area contributed by atoms with Gasteiger partial charge in [-0.25, -0.2) is 14.2 Å². The summed E-state index contributed by atoms with van der Waals surface area (Å²) in [6.07, 6.45) is 1.40. The van der Waals surface area contributed by atoms with Gasteiger partial charge >= 0.3 is 5.97 Å². The molecule has 1 N–H and O–H groups in total. The van der Waals surface area contributed by atoms with Crippen molar-refractivity contribution in [2.75, 3.05) is 12.4 Å². The first-order chi connectivity index (χ1) is 8.61. The first-order valence-corrected chi connectivity index (χ1v) is 5.99. The number of hydrogen-bond acceptors (Lipinski definition) is 5. The third-order valence-electron chi connectivity index (χ3n) is 2.35. The van der Waals surface area contributed by atoms with Gasteiger partial charge in [0, 0.05) is 0 Å². The molecule has 0 aliphatic heterocycles. The van der Waals surface area contributed by atoms with E-state index in [1.807, 2.05) is 0 Å². The van der Waals surface area contributed by atoms with Crippen LogP contribution in [0, 0.1) is 12.7 Å². The first-order valence-electron chi connectivity index (χ1n) is 5.18. The predicted molar refractivity (Wildman–Crippen MR) is 67.9 cm³/mol. The fraction of sp³-hybridized carbons (Fsp3) is 0.167. The number of aromatic nitrogens is 1. The molecule has 0 bridgehead atoms. The van der Waals surface area contributed by atoms with Crippen LogP contribution in [0.5, 0.6) is 0 Å². The van der Waals surface area contributed by atoms with Crippen LogP contribution in [-0.4, -0.2) is 18.1 Å². The molecule has 0 aliphatic rings. The van der Waals surface area contributed by atoms with Gasteiger partial charge in [0.2, 0.25) is 0 Å². The lowest BCUT2D eigenvalue weighted by Gasteiger charge is -2.07. The van der Waals surface area contributed by atoms with E-state index in [1.54, 1.807) is 19.1 Å². The molecule has 0 unspecified atom stereocenters. The number of halogens is 1. The third kappa shape index (κ3) is 2.48. The van der Waals surface area contributed by atoms with Gasteiger partial charge in [-0.1, -0.05) is 23.5 Å². The van der Waals surface area contributed by atoms with Crippen LogP contribution in [0.25, 0.3) is 0 Å². The highest BCUT2D eigenvalue weighted by Crippen LogP contribution is 2.26. The van der Waals surface area contributed by atoms with E-state index in [0.29, 0.717) is 15.7 Å². The molecule has 6 heteroatoms. The van der Waals surface area contributed by atoms with Gasteiger partial charge in [-0.2, -0.15) is 0 Å². The fourth-order valence-corrected chi connectivity index (χ4v) is 2.16. The van der Waals surface area contributed by atoms with E-state index in [4.69, 9.17) is 0 Å². The van der Waals surface area contributed by atoms with Gasteiger partial charge in [-0.15, -0.1) is 0 Å². The summed E-state index contributed by atoms with van der Waals surface area (Å²) in [7, 11) is 1.30. The minimum Gasteiger partial charge on any atom is -0.465 e. The van der Waals surface area contributed by atoms with E-state index in [-0.39, 0.29) is 5.82 Å². The van der Waals surface area contributed by atoms with Crippen molar-refractivity contribution in [2.24, 2.45) is 0 Å². The molecule has 1 aromatic heterocycles. The van der Waals surface area contributed by atoms with E-state index < -0.39 is 5.97 Å². The van der Waals surface area contributed by atoms with Crippen molar-refractivity contribution in [1.29, 1.82) is 0 Å². The second-order valence-electron chi connectivity index (χ2n) is 3.58. The predicted octanol–water partition coefficient (Wildman–Crippen LogP) is 3.12. The van der Waals surface area contributed by atoms with Crippen LogP contribution in [0.2, 0.25) is 0 Å². The first kappa shape index (κ1) is 12.5. The molecule has 2 rings (SSSR count). The van der Waals surface area contributed by atoms with Crippen molar-refractivity contribution in [3.63, 3.8) is 0 Å². The molecule has 0 saturated heterocycles. The monoisotopic (exact) mass is 266 g/mol. The SMILES string of the molecule is COC(=O)c1cnc(Nc2c(C)cccc2F)s1. The Morgan fingerprint density at radius 2 is 2.28 bits per heavy atom. The van der Waals surface area contributed by atoms with E-state index >= 15 is 0 Å². The number of nitrogens with one attached hydrogen (secondary N) is 1. The topological polar surface area (TPSA) is 51.2 Å². The molecule has 0 aliphatic carbocycles. The fourth-order valence-electron chi connectivity index (χ4n) is 1.42. The van der Waals surface area contributed by atoms with Crippen molar-refractivity contribution >= 4 is 28.1 Å². The molecule has 0 amide bonds. The number of carbonyl (C=O) groups is 1. The van der Waals surface area contributed by atoms with Crippen LogP contribution in [0.15, 0.2) is 24.4 Å². The molecule has 94 valence electrons. The van der Waals surface area contributed by atoms with Crippen LogP contribution in [0.3, 0.4) is 0 Å². The van der Waals surface area contributed by atoms with Gasteiger partial charge in [0.05, 0.1) is 19.0 Å². The van der Waals surface area contributed by atoms with Gasteiger partial charge in [-0.3, -0.25) is 0 Å². The van der Waals surface area contributed by atoms with Gasteiger partial charge in [0.1, 0.15) is 10.7 Å². The van der Waals surface area contributed by atoms with E-state index in [0.717, 1.165) is 16.9 Å². The van der Waals surface area contributed by atoms with Crippen molar-refractivity contribution in [1.82, 2.24) is 4.98 Å². The normalized spacial score (nSPS) is 10.2. The lowest BCUT2D eigenvalue weighted by Crippen LogP contribution is -1.97. The van der Waals surface area contributed by atoms with E-state index in [2.05, 4.69) is 15.0 Å². The number of para-hydroxylation sites is 1. The minimum absolute atomic E-state index is 0.357. The summed E-state index contributed by atoms with van der Waals surface area (Å²) in [6, 6.07) is 4.79. The number of carbonyl (C=O) groups excluding carboxylic acids is 1. The van der Waals surface area contributed by atoms with Crippen molar-refractivity contribution < 1.29 is 13.9 Å². The third-order valence-corrected chi connectivity index (χ3v) is 3.24. The second kappa shape index (κ2) is 5.14. The van der Waals surface area contributed by atoms with Crippen LogP contribution in [-0.2, 0) is 4.74 Å². The van der Waals surface area contributed by atoms with Crippen LogP contribution in [0.4, 0.5) is 15.2 Å². The number of rotatable bonds is 3. The molecule has 0 radical (unpaired) electrons. The summed E-state index contributed by atoms with van der Waals surface area (Å²) in [5.41, 5.74) is 1.13. The zero-order valence-corrected chi connectivity index (χ0v) is 10.7. The van der Waals surface area contributed by atoms with Crippen molar-refractivity contribution in [2.45, 2.75) is 6.92 Å². The van der Waals surface area contributed by atoms with Crippen LogP contribution < -0.4 is 5.32 Å². The molecule has 0 saturated carbocycles. The number of thiazole rings is 1. The Labute approximate surface area is 107 Å². The number of nitrogens with zero attached hydrogens (tertiary/aromatic N) is 1. The molecular formula is C12H11FN2O2S. The van der Waals surface area contributed by atoms with Gasteiger partial charge in [0.25, 0.3) is 0 Å². The molecule has 18 heavy (non-hydrogen) atoms. The molecular weight excluding hydrogens is 255 g/mol. The quantitative estimate of drug-likeness (QED) is 0.867. The van der Waals surface area contributed by atoms with Crippen LogP contribution >= 0.6 is 11.3 Å². The molecule has 2 aromatic rings. The number of aryl methyl sites for hydroxylation is 1. The maximum absolute atomic E-state index is 13.6. The molecule has 4 nitrogen and oxygen atoms in total. The second-order valence-corrected chi connectivity index (χ2v) is 4.61. The maximum atomic E-state index is 13.6. The summed E-state index contributed by atoms with van der Waals surface area (Å²) in [4.78, 5) is 15.6. The molecule has 0 atom stereocenters. The number of hydrogen-bond donors (Lipinski definition) is 1. The Hall–Kier alpha value is -1.95. The summed E-state index contributed by atoms with van der Waals surface area (Å²) in [5, 5.41) is 3.31. The summed E-state index contributed by atoms with van der Waals surface area (Å²) >= 11 is 1.11. The minimum atomic E-state index is -0.453. The van der Waals surface area contributed by atoms with Crippen molar-refractivity contribution in [3.8, 4) is 0 Å². The zero-order chi connectivity index (χ0) is 13.1. The highest BCUT2D eigenvalue weighted by Gasteiger charge is 2.12. The lowest BCUT2D eigenvalue weighted by atomic mass is 10.2. The lowest BCUT2D eigenvalue weighted by molar-refractivity contribution is 0.0606. The van der Waals surface area contributed by atoms with Crippen molar-refractivity contribution in [3.05, 3.63) is 40.7 Å². The van der Waals surface area contributed by atoms with Gasteiger partial charge in [0.15, 0.2) is 5.13 Å². The Kier molecular flexibility index (Phi) is 3.57. The standard InChI is InChI=1S/C12H11FN2O2S/c1-7-4-3-5-8(13)10(7)15-12-14-6-9(18-12)11(16)17-2/h3-6H,1-2H3,(H,14,15). The summed E-state index contributed by atoms with van der Waals surface area (Å²) < 4.78 is 18.2. The maximum Gasteiger partial charge on any atom is 0.349 e. The average molecular weight is 266 g/mol. The Morgan fingerprint density at radius 3 is 2.94 bits per heavy atom. The molecule has 0 spiro atoms. The van der Waals surface area contributed by atoms with E-state index in [1.165, 1.54) is 19.4 Å². The number of anilines is 2. The number of benzene rings is 1. The van der Waals surface area contributed by atoms with Gasteiger partial charge < -0.3 is 10.1 Å². The Morgan fingerprint density at radius 1 is 1.50 bits per heavy atom. The average Bonchev–Trinajstić information content (AvgIpc) is 2.81. The smallest absolute Gasteiger partial charge is 0.349 e. The highest BCUT2D eigenvalue weighted by molar-refractivity contribution is 7.17. The number of esters is 1. The molecule has 0 fully saturated rings. The highest BCUT2D eigenvalue weighted by atomic mass is 32.1. The molecule has 1 aromatic carbocycles. The van der Waals surface area contributed by atoms with Gasteiger partial charge in [-0.05, 0) is 18.6 Å². The summed E-state index contributed by atoms with van der Waals surface area (Å²) in [6.45, 7) is 1.79. The zero-order valence-electron chi connectivity index (χ0n) is 9.86. The Bertz CT molecular complexity index is 563. The number of methoxy groups -OCH3 is 1. The molecule has 1 heterocycles. The Balaban J connectivity index is 2.24. The van der Waals surface area contributed by atoms with Crippen LogP contribution in [0.1, 0.15) is 15.2 Å². The van der Waals surface area contributed by atoms with E-state index in [9.17, 15) is 9.18 Å².